The van der Waals surface area contributed by atoms with Crippen molar-refractivity contribution in [3.63, 3.8) is 0 Å². The van der Waals surface area contributed by atoms with Gasteiger partial charge in [-0.05, 0) is 35.7 Å². The van der Waals surface area contributed by atoms with Gasteiger partial charge in [-0.15, -0.1) is 28.1 Å². The first kappa shape index (κ1) is 21.2. The molecule has 0 aliphatic carbocycles. The molecule has 0 amide bonds. The van der Waals surface area contributed by atoms with Gasteiger partial charge >= 0.3 is 0 Å². The van der Waals surface area contributed by atoms with Crippen LogP contribution >= 0.6 is 23.1 Å². The molecule has 0 N–H and O–H groups in total. The van der Waals surface area contributed by atoms with Gasteiger partial charge in [0.25, 0.3) is 5.56 Å². The minimum Gasteiger partial charge on any atom is -0.497 e. The third kappa shape index (κ3) is 3.35. The van der Waals surface area contributed by atoms with Crippen molar-refractivity contribution >= 4 is 39.1 Å². The summed E-state index contributed by atoms with van der Waals surface area (Å²) in [5, 5.41) is 10.3. The number of ether oxygens (including phenoxy) is 2. The predicted octanol–water partition coefficient (Wildman–Crippen LogP) is 4.48. The van der Waals surface area contributed by atoms with E-state index in [9.17, 15) is 4.79 Å². The maximum atomic E-state index is 13.9. The van der Waals surface area contributed by atoms with Crippen LogP contribution in [-0.4, -0.2) is 38.1 Å². The largest absolute Gasteiger partial charge is 0.497 e. The molecule has 32 heavy (non-hydrogen) atoms. The topological polar surface area (TPSA) is 70.7 Å². The fourth-order valence-corrected chi connectivity index (χ4v) is 6.02. The lowest BCUT2D eigenvalue weighted by Crippen LogP contribution is -2.28. The number of aromatic nitrogens is 4. The van der Waals surface area contributed by atoms with E-state index in [1.165, 1.54) is 0 Å². The Balaban J connectivity index is 1.83. The Kier molecular flexibility index (Phi) is 5.56. The monoisotopic (exact) mass is 468 g/mol. The quantitative estimate of drug-likeness (QED) is 0.307. The fraction of sp³-hybridized carbons (Fsp3) is 0.348. The van der Waals surface area contributed by atoms with Crippen molar-refractivity contribution in [3.05, 3.63) is 57.7 Å². The second-order valence-electron chi connectivity index (χ2n) is 8.04. The number of hydrogen-bond donors (Lipinski definition) is 0. The second-order valence-corrected chi connectivity index (χ2v) is 10.1. The van der Waals surface area contributed by atoms with Crippen molar-refractivity contribution in [1.29, 1.82) is 0 Å². The van der Waals surface area contributed by atoms with Crippen LogP contribution in [0.5, 0.6) is 5.75 Å². The number of nitrogens with zero attached hydrogens (tertiary/aromatic N) is 4. The van der Waals surface area contributed by atoms with Crippen LogP contribution in [0, 0.1) is 5.92 Å². The molecule has 0 unspecified atom stereocenters. The molecule has 1 aromatic carbocycles. The van der Waals surface area contributed by atoms with Gasteiger partial charge in [0.05, 0.1) is 30.9 Å². The minimum absolute atomic E-state index is 0.0766. The molecular weight excluding hydrogens is 444 g/mol. The van der Waals surface area contributed by atoms with E-state index in [-0.39, 0.29) is 11.7 Å². The summed E-state index contributed by atoms with van der Waals surface area (Å²) in [6.45, 7) is 8.65. The van der Waals surface area contributed by atoms with E-state index >= 15 is 0 Å². The summed E-state index contributed by atoms with van der Waals surface area (Å²) in [6.07, 6.45) is 2.66. The Morgan fingerprint density at radius 3 is 2.81 bits per heavy atom. The Morgan fingerprint density at radius 1 is 1.34 bits per heavy atom. The lowest BCUT2D eigenvalue weighted by atomic mass is 9.96. The van der Waals surface area contributed by atoms with Crippen LogP contribution in [0.25, 0.3) is 21.7 Å². The van der Waals surface area contributed by atoms with Crippen LogP contribution in [-0.2, 0) is 17.8 Å². The fourth-order valence-electron chi connectivity index (χ4n) is 4.06. The third-order valence-corrected chi connectivity index (χ3v) is 7.86. The number of thiophene rings is 1. The summed E-state index contributed by atoms with van der Waals surface area (Å²) < 4.78 is 15.0. The van der Waals surface area contributed by atoms with Crippen LogP contribution in [0.15, 0.2) is 46.9 Å². The highest BCUT2D eigenvalue weighted by molar-refractivity contribution is 7.99. The maximum absolute atomic E-state index is 13.9. The van der Waals surface area contributed by atoms with E-state index in [2.05, 4.69) is 30.6 Å². The molecule has 0 saturated heterocycles. The number of benzene rings is 1. The van der Waals surface area contributed by atoms with Crippen LogP contribution < -0.4 is 10.3 Å². The highest BCUT2D eigenvalue weighted by atomic mass is 32.2. The van der Waals surface area contributed by atoms with Crippen molar-refractivity contribution in [1.82, 2.24) is 19.2 Å². The molecule has 166 valence electrons. The van der Waals surface area contributed by atoms with Gasteiger partial charge < -0.3 is 9.47 Å². The number of thioether (sulfide) groups is 1. The van der Waals surface area contributed by atoms with Gasteiger partial charge in [-0.25, -0.2) is 8.97 Å². The average molecular weight is 469 g/mol. The van der Waals surface area contributed by atoms with E-state index < -0.39 is 0 Å². The van der Waals surface area contributed by atoms with E-state index in [0.29, 0.717) is 24.1 Å². The number of rotatable bonds is 6. The average Bonchev–Trinajstić information content (AvgIpc) is 3.39. The Hall–Kier alpha value is -2.62. The van der Waals surface area contributed by atoms with Gasteiger partial charge in [-0.1, -0.05) is 31.7 Å². The summed E-state index contributed by atoms with van der Waals surface area (Å²) in [7, 11) is 1.62. The predicted molar refractivity (Wildman–Crippen MR) is 129 cm³/mol. The molecule has 0 fully saturated rings. The van der Waals surface area contributed by atoms with Gasteiger partial charge in [-0.3, -0.25) is 4.79 Å². The first-order valence-electron chi connectivity index (χ1n) is 10.5. The summed E-state index contributed by atoms with van der Waals surface area (Å²) >= 11 is 3.15. The van der Waals surface area contributed by atoms with Gasteiger partial charge in [0, 0.05) is 17.1 Å². The van der Waals surface area contributed by atoms with Crippen molar-refractivity contribution < 1.29 is 9.47 Å². The highest BCUT2D eigenvalue weighted by Crippen LogP contribution is 2.37. The van der Waals surface area contributed by atoms with E-state index in [1.54, 1.807) is 34.8 Å². The second kappa shape index (κ2) is 8.38. The van der Waals surface area contributed by atoms with Gasteiger partial charge in [-0.2, -0.15) is 0 Å². The van der Waals surface area contributed by atoms with E-state index in [1.807, 2.05) is 34.7 Å². The lowest BCUT2D eigenvalue weighted by molar-refractivity contribution is 0.00200. The first-order valence-corrected chi connectivity index (χ1v) is 12.3. The van der Waals surface area contributed by atoms with Crippen molar-refractivity contribution in [3.8, 4) is 11.4 Å². The normalized spacial score (nSPS) is 16.1. The molecular formula is C23H24N4O3S2. The zero-order valence-corrected chi connectivity index (χ0v) is 19.8. The Morgan fingerprint density at radius 2 is 2.12 bits per heavy atom. The van der Waals surface area contributed by atoms with Gasteiger partial charge in [0.15, 0.2) is 5.16 Å². The molecule has 5 rings (SSSR count). The van der Waals surface area contributed by atoms with E-state index in [4.69, 9.17) is 9.47 Å². The number of methoxy groups -OCH3 is 1. The standard InChI is InChI=1S/C23H24N4O3S2/c1-5-10-31-23-25-24-22-26(14-6-8-15(29-4)9-7-14)20(28)19-16-11-17(13(2)3)30-12-18(16)32-21(19)27(22)23/h5-9,13,17H,1,10-12H2,2-4H3/t17-/m1/s1. The Bertz CT molecular complexity index is 1370. The van der Waals surface area contributed by atoms with Crippen molar-refractivity contribution in [2.24, 2.45) is 5.92 Å². The minimum atomic E-state index is -0.0766. The highest BCUT2D eigenvalue weighted by Gasteiger charge is 2.30. The van der Waals surface area contributed by atoms with Gasteiger partial charge in [0.2, 0.25) is 5.78 Å². The molecule has 0 spiro atoms. The maximum Gasteiger partial charge on any atom is 0.268 e. The zero-order valence-electron chi connectivity index (χ0n) is 18.2. The zero-order chi connectivity index (χ0) is 22.4. The van der Waals surface area contributed by atoms with Crippen molar-refractivity contribution in [2.45, 2.75) is 38.1 Å². The smallest absolute Gasteiger partial charge is 0.268 e. The molecule has 9 heteroatoms. The van der Waals surface area contributed by atoms with Crippen LogP contribution in [0.3, 0.4) is 0 Å². The third-order valence-electron chi connectivity index (χ3n) is 5.75. The molecule has 4 heterocycles. The summed E-state index contributed by atoms with van der Waals surface area (Å²) in [4.78, 5) is 15.9. The molecule has 0 saturated carbocycles. The summed E-state index contributed by atoms with van der Waals surface area (Å²) in [5.74, 6) is 2.30. The summed E-state index contributed by atoms with van der Waals surface area (Å²) in [5.41, 5.74) is 1.74. The molecule has 0 bridgehead atoms. The lowest BCUT2D eigenvalue weighted by Gasteiger charge is -2.26. The van der Waals surface area contributed by atoms with Crippen LogP contribution in [0.4, 0.5) is 0 Å². The first-order chi connectivity index (χ1) is 15.5. The van der Waals surface area contributed by atoms with Crippen LogP contribution in [0.2, 0.25) is 0 Å². The number of fused-ring (bicyclic) bond motifs is 5. The van der Waals surface area contributed by atoms with E-state index in [0.717, 1.165) is 43.7 Å². The summed E-state index contributed by atoms with van der Waals surface area (Å²) in [6, 6.07) is 7.43. The Labute approximate surface area is 193 Å². The molecule has 7 nitrogen and oxygen atoms in total. The molecule has 1 atom stereocenters. The van der Waals surface area contributed by atoms with Crippen molar-refractivity contribution in [2.75, 3.05) is 12.9 Å². The molecule has 4 aromatic rings. The number of hydrogen-bond acceptors (Lipinski definition) is 7. The molecule has 1 aliphatic rings. The molecule has 0 radical (unpaired) electrons. The molecule has 3 aromatic heterocycles. The van der Waals surface area contributed by atoms with Crippen LogP contribution in [0.1, 0.15) is 24.3 Å². The SMILES string of the molecule is C=CCSc1nnc2n(-c3ccc(OC)cc3)c(=O)c3c4c(sc3n12)CO[C@@H](C(C)C)C4. The molecule has 1 aliphatic heterocycles. The van der Waals surface area contributed by atoms with Gasteiger partial charge in [0.1, 0.15) is 10.6 Å².